The predicted octanol–water partition coefficient (Wildman–Crippen LogP) is 9.94. The molecule has 0 amide bonds. The monoisotopic (exact) mass is 624 g/mol. The van der Waals surface area contributed by atoms with E-state index in [2.05, 4.69) is 189 Å². The van der Waals surface area contributed by atoms with Crippen LogP contribution in [0.4, 0.5) is 0 Å². The standard InChI is InChI=1S/C43H36N2OSi/c1-43(2,3)47(32-21-9-5-10-22-32,33-23-11-6-12-24-33)46-39-30-18-17-29-38(39)42-44-40-36-27-15-13-25-34(36)35-26-14-16-28-37(35)41(40)45(42)31-19-7-4-8-20-31/h4-30H,1-3H3. The quantitative estimate of drug-likeness (QED) is 0.136. The van der Waals surface area contributed by atoms with Crippen LogP contribution in [0.2, 0.25) is 5.04 Å². The van der Waals surface area contributed by atoms with Crippen molar-refractivity contribution in [1.82, 2.24) is 9.55 Å². The second kappa shape index (κ2) is 11.4. The topological polar surface area (TPSA) is 27.1 Å². The Balaban J connectivity index is 1.46. The van der Waals surface area contributed by atoms with Crippen molar-refractivity contribution in [2.45, 2.75) is 25.8 Å². The van der Waals surface area contributed by atoms with Gasteiger partial charge < -0.3 is 4.43 Å². The number of nitrogens with zero attached hydrogens (tertiary/aromatic N) is 2. The third-order valence-corrected chi connectivity index (χ3v) is 14.3. The van der Waals surface area contributed by atoms with E-state index in [-0.39, 0.29) is 5.04 Å². The van der Waals surface area contributed by atoms with E-state index in [1.165, 1.54) is 26.5 Å². The van der Waals surface area contributed by atoms with Gasteiger partial charge in [0.25, 0.3) is 0 Å². The summed E-state index contributed by atoms with van der Waals surface area (Å²) >= 11 is 0. The van der Waals surface area contributed by atoms with Gasteiger partial charge in [-0.05, 0) is 50.4 Å². The van der Waals surface area contributed by atoms with E-state index >= 15 is 0 Å². The molecule has 0 bridgehead atoms. The van der Waals surface area contributed by atoms with E-state index in [1.807, 2.05) is 0 Å². The second-order valence-corrected chi connectivity index (χ2v) is 17.4. The predicted molar refractivity (Wildman–Crippen MR) is 200 cm³/mol. The highest BCUT2D eigenvalue weighted by Crippen LogP contribution is 2.43. The average molecular weight is 625 g/mol. The smallest absolute Gasteiger partial charge is 0.319 e. The lowest BCUT2D eigenvalue weighted by molar-refractivity contribution is 0.509. The molecule has 0 unspecified atom stereocenters. The highest BCUT2D eigenvalue weighted by Gasteiger charge is 2.52. The summed E-state index contributed by atoms with van der Waals surface area (Å²) in [5.41, 5.74) is 4.11. The van der Waals surface area contributed by atoms with Crippen molar-refractivity contribution >= 4 is 51.3 Å². The Labute approximate surface area is 276 Å². The van der Waals surface area contributed by atoms with E-state index in [0.717, 1.165) is 39.2 Å². The number of rotatable bonds is 6. The van der Waals surface area contributed by atoms with Crippen LogP contribution in [0.25, 0.3) is 49.7 Å². The first kappa shape index (κ1) is 29.0. The lowest BCUT2D eigenvalue weighted by Gasteiger charge is -2.43. The second-order valence-electron chi connectivity index (χ2n) is 13.2. The van der Waals surface area contributed by atoms with Crippen LogP contribution in [0.15, 0.2) is 164 Å². The maximum Gasteiger partial charge on any atom is 0.319 e. The molecule has 0 fully saturated rings. The number of aromatic nitrogens is 2. The first-order valence-corrected chi connectivity index (χ1v) is 18.1. The first-order valence-electron chi connectivity index (χ1n) is 16.2. The fourth-order valence-corrected chi connectivity index (χ4v) is 11.7. The highest BCUT2D eigenvalue weighted by atomic mass is 28.4. The Kier molecular flexibility index (Phi) is 7.04. The van der Waals surface area contributed by atoms with Crippen LogP contribution >= 0.6 is 0 Å². The molecular weight excluding hydrogens is 589 g/mol. The van der Waals surface area contributed by atoms with Gasteiger partial charge in [-0.3, -0.25) is 4.57 Å². The minimum absolute atomic E-state index is 0.186. The molecule has 8 aromatic rings. The lowest BCUT2D eigenvalue weighted by Crippen LogP contribution is -2.68. The Morgan fingerprint density at radius 1 is 0.511 bits per heavy atom. The Morgan fingerprint density at radius 2 is 0.979 bits per heavy atom. The molecule has 1 heterocycles. The molecule has 1 aromatic heterocycles. The van der Waals surface area contributed by atoms with Crippen LogP contribution in [0.5, 0.6) is 5.75 Å². The van der Waals surface area contributed by atoms with Crippen LogP contribution in [-0.4, -0.2) is 17.9 Å². The van der Waals surface area contributed by atoms with E-state index in [0.29, 0.717) is 0 Å². The van der Waals surface area contributed by atoms with Crippen LogP contribution in [0.1, 0.15) is 20.8 Å². The Bertz CT molecular complexity index is 2320. The number of fused-ring (bicyclic) bond motifs is 6. The van der Waals surface area contributed by atoms with Crippen molar-refractivity contribution in [1.29, 1.82) is 0 Å². The lowest BCUT2D eigenvalue weighted by atomic mass is 10.00. The van der Waals surface area contributed by atoms with Crippen LogP contribution < -0.4 is 14.8 Å². The van der Waals surface area contributed by atoms with Gasteiger partial charge in [-0.2, -0.15) is 0 Å². The largest absolute Gasteiger partial charge is 0.533 e. The molecule has 47 heavy (non-hydrogen) atoms. The van der Waals surface area contributed by atoms with Gasteiger partial charge in [0.15, 0.2) is 0 Å². The van der Waals surface area contributed by atoms with E-state index < -0.39 is 8.32 Å². The van der Waals surface area contributed by atoms with Gasteiger partial charge in [-0.15, -0.1) is 0 Å². The van der Waals surface area contributed by atoms with Gasteiger partial charge in [0, 0.05) is 16.5 Å². The summed E-state index contributed by atoms with van der Waals surface area (Å²) in [5, 5.41) is 7.03. The molecule has 4 heteroatoms. The third-order valence-electron chi connectivity index (χ3n) is 9.35. The van der Waals surface area contributed by atoms with E-state index in [9.17, 15) is 0 Å². The molecule has 0 N–H and O–H groups in total. The molecule has 3 nitrogen and oxygen atoms in total. The number of imidazole rings is 1. The minimum Gasteiger partial charge on any atom is -0.533 e. The molecule has 0 radical (unpaired) electrons. The molecule has 8 rings (SSSR count). The first-order chi connectivity index (χ1) is 23.0. The number of hydrogen-bond donors (Lipinski definition) is 0. The van der Waals surface area contributed by atoms with Gasteiger partial charge in [0.2, 0.25) is 0 Å². The van der Waals surface area contributed by atoms with E-state index in [4.69, 9.17) is 9.41 Å². The zero-order valence-electron chi connectivity index (χ0n) is 26.9. The number of benzene rings is 7. The van der Waals surface area contributed by atoms with Crippen molar-refractivity contribution < 1.29 is 4.43 Å². The normalized spacial score (nSPS) is 12.1. The van der Waals surface area contributed by atoms with Crippen LogP contribution in [0.3, 0.4) is 0 Å². The SMILES string of the molecule is CC(C)(C)[Si](Oc1ccccc1-c1nc2c3ccccc3c3ccccc3c2n1-c1ccccc1)(c1ccccc1)c1ccccc1. The number of hydrogen-bond acceptors (Lipinski definition) is 2. The van der Waals surface area contributed by atoms with Crippen molar-refractivity contribution in [3.8, 4) is 22.8 Å². The summed E-state index contributed by atoms with van der Waals surface area (Å²) in [4.78, 5) is 5.53. The molecule has 0 aliphatic rings. The third kappa shape index (κ3) is 4.67. The van der Waals surface area contributed by atoms with Gasteiger partial charge in [0.05, 0.1) is 16.6 Å². The van der Waals surface area contributed by atoms with Crippen molar-refractivity contribution in [3.05, 3.63) is 164 Å². The maximum absolute atomic E-state index is 7.67. The van der Waals surface area contributed by atoms with Gasteiger partial charge >= 0.3 is 8.32 Å². The van der Waals surface area contributed by atoms with Crippen molar-refractivity contribution in [2.75, 3.05) is 0 Å². The summed E-state index contributed by atoms with van der Waals surface area (Å²) in [6.45, 7) is 6.96. The fraction of sp³-hybridized carbons (Fsp3) is 0.0930. The summed E-state index contributed by atoms with van der Waals surface area (Å²) < 4.78 is 10.0. The van der Waals surface area contributed by atoms with Crippen molar-refractivity contribution in [2.24, 2.45) is 0 Å². The zero-order chi connectivity index (χ0) is 32.0. The number of para-hydroxylation sites is 2. The van der Waals surface area contributed by atoms with Gasteiger partial charge in [0.1, 0.15) is 11.6 Å². The molecule has 7 aromatic carbocycles. The summed E-state index contributed by atoms with van der Waals surface area (Å²) in [7, 11) is -2.91. The summed E-state index contributed by atoms with van der Waals surface area (Å²) in [6.07, 6.45) is 0. The molecule has 0 saturated carbocycles. The van der Waals surface area contributed by atoms with Gasteiger partial charge in [-0.25, -0.2) is 4.98 Å². The molecule has 0 aliphatic carbocycles. The molecule has 0 spiro atoms. The Hall–Kier alpha value is -5.45. The molecular formula is C43H36N2OSi. The van der Waals surface area contributed by atoms with E-state index in [1.54, 1.807) is 0 Å². The van der Waals surface area contributed by atoms with Gasteiger partial charge in [-0.1, -0.05) is 160 Å². The molecule has 0 atom stereocenters. The zero-order valence-corrected chi connectivity index (χ0v) is 27.9. The summed E-state index contributed by atoms with van der Waals surface area (Å²) in [5.74, 6) is 1.70. The van der Waals surface area contributed by atoms with Crippen molar-refractivity contribution in [3.63, 3.8) is 0 Å². The minimum atomic E-state index is -2.91. The molecule has 228 valence electrons. The fourth-order valence-electron chi connectivity index (χ4n) is 7.27. The highest BCUT2D eigenvalue weighted by molar-refractivity contribution is 7.00. The Morgan fingerprint density at radius 3 is 1.57 bits per heavy atom. The molecule has 0 saturated heterocycles. The van der Waals surface area contributed by atoms with Crippen LogP contribution in [0, 0.1) is 0 Å². The molecule has 0 aliphatic heterocycles. The maximum atomic E-state index is 7.67. The van der Waals surface area contributed by atoms with Crippen LogP contribution in [-0.2, 0) is 0 Å². The average Bonchev–Trinajstić information content (AvgIpc) is 3.52. The summed E-state index contributed by atoms with van der Waals surface area (Å²) in [6, 6.07) is 58.0.